The lowest BCUT2D eigenvalue weighted by Crippen LogP contribution is -1.96. The van der Waals surface area contributed by atoms with E-state index in [4.69, 9.17) is 5.11 Å². The molecule has 0 saturated carbocycles. The molecule has 3 rings (SSSR count). The van der Waals surface area contributed by atoms with Crippen LogP contribution in [0.25, 0.3) is 4.96 Å². The SMILES string of the molecule is Cc1c(Cc2ccc(F)cc2)sc2nc(C(=O)O)cn12. The number of carboxylic acid groups (broad SMARTS) is 1. The molecule has 1 N–H and O–H groups in total. The zero-order valence-electron chi connectivity index (χ0n) is 10.6. The maximum atomic E-state index is 12.9. The molecule has 1 aromatic carbocycles. The minimum absolute atomic E-state index is 0.0488. The van der Waals surface area contributed by atoms with Gasteiger partial charge in [0, 0.05) is 23.2 Å². The number of aryl methyl sites for hydroxylation is 1. The summed E-state index contributed by atoms with van der Waals surface area (Å²) >= 11 is 1.46. The Balaban J connectivity index is 1.96. The number of carboxylic acids is 1. The maximum Gasteiger partial charge on any atom is 0.356 e. The molecular formula is C14H11FN2O2S. The molecule has 2 aromatic heterocycles. The van der Waals surface area contributed by atoms with Crippen LogP contribution in [0.15, 0.2) is 30.5 Å². The lowest BCUT2D eigenvalue weighted by Gasteiger charge is -2.00. The van der Waals surface area contributed by atoms with Crippen LogP contribution in [0.1, 0.15) is 26.6 Å². The van der Waals surface area contributed by atoms with Gasteiger partial charge in [-0.15, -0.1) is 11.3 Å². The van der Waals surface area contributed by atoms with Crippen molar-refractivity contribution in [3.05, 3.63) is 58.1 Å². The molecule has 0 atom stereocenters. The van der Waals surface area contributed by atoms with Gasteiger partial charge >= 0.3 is 5.97 Å². The molecule has 0 fully saturated rings. The topological polar surface area (TPSA) is 54.6 Å². The van der Waals surface area contributed by atoms with Crippen LogP contribution in [-0.2, 0) is 6.42 Å². The Morgan fingerprint density at radius 1 is 1.40 bits per heavy atom. The molecule has 20 heavy (non-hydrogen) atoms. The number of hydrogen-bond donors (Lipinski definition) is 1. The van der Waals surface area contributed by atoms with Crippen LogP contribution in [0.2, 0.25) is 0 Å². The number of aromatic nitrogens is 2. The van der Waals surface area contributed by atoms with Gasteiger partial charge in [0.1, 0.15) is 5.82 Å². The van der Waals surface area contributed by atoms with Gasteiger partial charge in [0.05, 0.1) is 0 Å². The quantitative estimate of drug-likeness (QED) is 0.806. The van der Waals surface area contributed by atoms with E-state index in [0.29, 0.717) is 11.4 Å². The normalized spacial score (nSPS) is 11.1. The molecular weight excluding hydrogens is 279 g/mol. The highest BCUT2D eigenvalue weighted by atomic mass is 32.1. The first-order valence-corrected chi connectivity index (χ1v) is 6.81. The first kappa shape index (κ1) is 12.8. The van der Waals surface area contributed by atoms with Crippen molar-refractivity contribution < 1.29 is 14.3 Å². The standard InChI is InChI=1S/C14H11FN2O2S/c1-8-12(6-9-2-4-10(15)5-3-9)20-14-16-11(13(18)19)7-17(8)14/h2-5,7H,6H2,1H3,(H,18,19). The maximum absolute atomic E-state index is 12.9. The van der Waals surface area contributed by atoms with Crippen molar-refractivity contribution in [3.63, 3.8) is 0 Å². The summed E-state index contributed by atoms with van der Waals surface area (Å²) in [7, 11) is 0. The van der Waals surface area contributed by atoms with Crippen molar-refractivity contribution in [1.82, 2.24) is 9.38 Å². The van der Waals surface area contributed by atoms with Gasteiger partial charge in [0.15, 0.2) is 10.7 Å². The summed E-state index contributed by atoms with van der Waals surface area (Å²) in [6, 6.07) is 6.37. The zero-order valence-corrected chi connectivity index (χ0v) is 11.4. The van der Waals surface area contributed by atoms with Crippen molar-refractivity contribution >= 4 is 22.3 Å². The third-order valence-electron chi connectivity index (χ3n) is 3.15. The molecule has 0 unspecified atom stereocenters. The number of nitrogens with zero attached hydrogens (tertiary/aromatic N) is 2. The van der Waals surface area contributed by atoms with Crippen molar-refractivity contribution in [1.29, 1.82) is 0 Å². The van der Waals surface area contributed by atoms with Crippen molar-refractivity contribution in [3.8, 4) is 0 Å². The fourth-order valence-electron chi connectivity index (χ4n) is 2.05. The second-order valence-corrected chi connectivity index (χ2v) is 5.56. The Labute approximate surface area is 118 Å². The van der Waals surface area contributed by atoms with Crippen molar-refractivity contribution in [2.45, 2.75) is 13.3 Å². The fraction of sp³-hybridized carbons (Fsp3) is 0.143. The molecule has 0 radical (unpaired) electrons. The Kier molecular flexibility index (Phi) is 3.02. The number of rotatable bonds is 3. The van der Waals surface area contributed by atoms with Gasteiger partial charge < -0.3 is 5.11 Å². The first-order chi connectivity index (χ1) is 9.54. The fourth-order valence-corrected chi connectivity index (χ4v) is 3.19. The van der Waals surface area contributed by atoms with E-state index < -0.39 is 5.97 Å². The molecule has 0 aliphatic carbocycles. The predicted octanol–water partition coefficient (Wildman–Crippen LogP) is 3.13. The minimum Gasteiger partial charge on any atom is -0.476 e. The summed E-state index contributed by atoms with van der Waals surface area (Å²) in [5.74, 6) is -1.28. The van der Waals surface area contributed by atoms with Crippen LogP contribution in [0.5, 0.6) is 0 Å². The molecule has 0 saturated heterocycles. The minimum atomic E-state index is -1.03. The van der Waals surface area contributed by atoms with E-state index in [0.717, 1.165) is 16.1 Å². The van der Waals surface area contributed by atoms with Gasteiger partial charge in [-0.1, -0.05) is 12.1 Å². The van der Waals surface area contributed by atoms with Gasteiger partial charge in [-0.05, 0) is 24.6 Å². The number of aromatic carboxylic acids is 1. The first-order valence-electron chi connectivity index (χ1n) is 5.99. The van der Waals surface area contributed by atoms with Gasteiger partial charge in [-0.2, -0.15) is 0 Å². The van der Waals surface area contributed by atoms with E-state index >= 15 is 0 Å². The molecule has 0 aliphatic heterocycles. The number of fused-ring (bicyclic) bond motifs is 1. The van der Waals surface area contributed by atoms with E-state index in [1.165, 1.54) is 29.7 Å². The average Bonchev–Trinajstić information content (AvgIpc) is 2.94. The Bertz CT molecular complexity index is 789. The van der Waals surface area contributed by atoms with E-state index in [9.17, 15) is 9.18 Å². The third kappa shape index (κ3) is 2.18. The van der Waals surface area contributed by atoms with Crippen molar-refractivity contribution in [2.24, 2.45) is 0 Å². The van der Waals surface area contributed by atoms with Gasteiger partial charge in [0.25, 0.3) is 0 Å². The number of carbonyl (C=O) groups is 1. The predicted molar refractivity (Wildman–Crippen MR) is 74.0 cm³/mol. The third-order valence-corrected chi connectivity index (χ3v) is 4.31. The molecule has 0 aliphatic rings. The van der Waals surface area contributed by atoms with E-state index in [-0.39, 0.29) is 11.5 Å². The summed E-state index contributed by atoms with van der Waals surface area (Å²) in [6.45, 7) is 1.93. The highest BCUT2D eigenvalue weighted by molar-refractivity contribution is 7.17. The number of thiazole rings is 1. The lowest BCUT2D eigenvalue weighted by molar-refractivity contribution is 0.0691. The van der Waals surface area contributed by atoms with Crippen LogP contribution in [0, 0.1) is 12.7 Å². The lowest BCUT2D eigenvalue weighted by atomic mass is 10.1. The zero-order chi connectivity index (χ0) is 14.3. The summed E-state index contributed by atoms with van der Waals surface area (Å²) in [5, 5.41) is 8.92. The number of halogens is 1. The monoisotopic (exact) mass is 290 g/mol. The van der Waals surface area contributed by atoms with Crippen LogP contribution in [0.3, 0.4) is 0 Å². The van der Waals surface area contributed by atoms with E-state index in [2.05, 4.69) is 4.98 Å². The number of imidazole rings is 1. The van der Waals surface area contributed by atoms with E-state index in [1.54, 1.807) is 16.5 Å². The van der Waals surface area contributed by atoms with Gasteiger partial charge in [-0.3, -0.25) is 4.40 Å². The molecule has 2 heterocycles. The van der Waals surface area contributed by atoms with Crippen LogP contribution in [-0.4, -0.2) is 20.5 Å². The van der Waals surface area contributed by atoms with Crippen molar-refractivity contribution in [2.75, 3.05) is 0 Å². The summed E-state index contributed by atoms with van der Waals surface area (Å²) in [5.41, 5.74) is 2.03. The molecule has 3 aromatic rings. The van der Waals surface area contributed by atoms with Crippen LogP contribution >= 0.6 is 11.3 Å². The summed E-state index contributed by atoms with van der Waals surface area (Å²) < 4.78 is 14.7. The summed E-state index contributed by atoms with van der Waals surface area (Å²) in [6.07, 6.45) is 2.21. The highest BCUT2D eigenvalue weighted by Gasteiger charge is 2.15. The Morgan fingerprint density at radius 3 is 2.70 bits per heavy atom. The second-order valence-electron chi connectivity index (χ2n) is 4.50. The van der Waals surface area contributed by atoms with E-state index in [1.807, 2.05) is 6.92 Å². The number of hydrogen-bond acceptors (Lipinski definition) is 3. The van der Waals surface area contributed by atoms with Gasteiger partial charge in [0.2, 0.25) is 0 Å². The van der Waals surface area contributed by atoms with Crippen LogP contribution < -0.4 is 0 Å². The molecule has 102 valence electrons. The van der Waals surface area contributed by atoms with Crippen LogP contribution in [0.4, 0.5) is 4.39 Å². The molecule has 0 spiro atoms. The molecule has 6 heteroatoms. The number of benzene rings is 1. The largest absolute Gasteiger partial charge is 0.476 e. The summed E-state index contributed by atoms with van der Waals surface area (Å²) in [4.78, 5) is 16.7. The second kappa shape index (κ2) is 4.72. The average molecular weight is 290 g/mol. The molecule has 0 amide bonds. The molecule has 4 nitrogen and oxygen atoms in total. The Hall–Kier alpha value is -2.21. The van der Waals surface area contributed by atoms with Gasteiger partial charge in [-0.25, -0.2) is 14.2 Å². The smallest absolute Gasteiger partial charge is 0.356 e. The Morgan fingerprint density at radius 2 is 2.10 bits per heavy atom. The molecule has 0 bridgehead atoms. The highest BCUT2D eigenvalue weighted by Crippen LogP contribution is 2.25.